The van der Waals surface area contributed by atoms with Crippen LogP contribution in [0.5, 0.6) is 0 Å². The van der Waals surface area contributed by atoms with E-state index in [1.54, 1.807) is 0 Å². The van der Waals surface area contributed by atoms with Gasteiger partial charge >= 0.3 is 39.5 Å². The molecule has 0 aliphatic carbocycles. The van der Waals surface area contributed by atoms with Gasteiger partial charge in [-0.05, 0) is 25.7 Å². The number of phosphoric ester groups is 2. The molecule has 17 nitrogen and oxygen atoms in total. The summed E-state index contributed by atoms with van der Waals surface area (Å²) >= 11 is 0. The van der Waals surface area contributed by atoms with Gasteiger partial charge in [0.1, 0.15) is 19.3 Å². The van der Waals surface area contributed by atoms with Gasteiger partial charge < -0.3 is 33.8 Å². The molecule has 19 heteroatoms. The molecule has 0 aliphatic heterocycles. The molecule has 0 fully saturated rings. The molecule has 486 valence electrons. The van der Waals surface area contributed by atoms with Crippen LogP contribution in [-0.2, 0) is 65.4 Å². The Labute approximate surface area is 498 Å². The lowest BCUT2D eigenvalue weighted by Crippen LogP contribution is -2.30. The molecule has 0 heterocycles. The van der Waals surface area contributed by atoms with E-state index < -0.39 is 97.5 Å². The van der Waals surface area contributed by atoms with Crippen molar-refractivity contribution in [1.29, 1.82) is 0 Å². The van der Waals surface area contributed by atoms with Crippen molar-refractivity contribution in [2.75, 3.05) is 39.6 Å². The number of carbonyl (C=O) groups is 4. The Morgan fingerprint density at radius 1 is 0.293 bits per heavy atom. The van der Waals surface area contributed by atoms with Crippen LogP contribution in [0.25, 0.3) is 0 Å². The number of aliphatic hydroxyl groups is 1. The van der Waals surface area contributed by atoms with E-state index in [1.807, 2.05) is 0 Å². The zero-order valence-corrected chi connectivity index (χ0v) is 54.2. The lowest BCUT2D eigenvalue weighted by atomic mass is 10.0. The Kier molecular flexibility index (Phi) is 56.7. The number of rotatable bonds is 64. The standard InChI is InChI=1S/C63H122O17P2/c1-5-9-13-17-21-24-27-29-31-34-38-42-46-50-63(68)80-59(54-74-61(66)48-44-40-36-33-30-28-25-22-18-14-10-6-2)56-78-82(71,72)76-52-57(64)51-75-81(69,70)77-55-58(53-73-60(65)47-43-39-35-20-16-12-8-4)79-62(67)49-45-41-37-32-26-23-19-15-11-7-3/h57-59,64H,5-56H2,1-4H3,(H,69,70)(H,71,72)/t57-,58+,59+/m0/s1. The molecule has 0 rings (SSSR count). The van der Waals surface area contributed by atoms with Crippen LogP contribution >= 0.6 is 15.6 Å². The minimum absolute atomic E-state index is 0.106. The highest BCUT2D eigenvalue weighted by Crippen LogP contribution is 2.45. The fraction of sp³-hybridized carbons (Fsp3) is 0.937. The van der Waals surface area contributed by atoms with Crippen molar-refractivity contribution in [1.82, 2.24) is 0 Å². The predicted molar refractivity (Wildman–Crippen MR) is 326 cm³/mol. The monoisotopic (exact) mass is 1210 g/mol. The van der Waals surface area contributed by atoms with Crippen LogP contribution in [0.1, 0.15) is 323 Å². The minimum Gasteiger partial charge on any atom is -0.462 e. The Morgan fingerprint density at radius 2 is 0.488 bits per heavy atom. The summed E-state index contributed by atoms with van der Waals surface area (Å²) in [5.41, 5.74) is 0. The van der Waals surface area contributed by atoms with Gasteiger partial charge in [0.15, 0.2) is 12.2 Å². The van der Waals surface area contributed by atoms with E-state index in [0.717, 1.165) is 103 Å². The Morgan fingerprint density at radius 3 is 0.720 bits per heavy atom. The number of hydrogen-bond donors (Lipinski definition) is 3. The van der Waals surface area contributed by atoms with Gasteiger partial charge in [0.05, 0.1) is 26.4 Å². The van der Waals surface area contributed by atoms with Gasteiger partial charge in [0.2, 0.25) is 0 Å². The van der Waals surface area contributed by atoms with Crippen molar-refractivity contribution in [2.24, 2.45) is 0 Å². The first-order chi connectivity index (χ1) is 39.7. The predicted octanol–water partition coefficient (Wildman–Crippen LogP) is 17.5. The van der Waals surface area contributed by atoms with Crippen molar-refractivity contribution in [2.45, 2.75) is 341 Å². The molecule has 82 heavy (non-hydrogen) atoms. The van der Waals surface area contributed by atoms with E-state index >= 15 is 0 Å². The van der Waals surface area contributed by atoms with Crippen LogP contribution in [0.15, 0.2) is 0 Å². The molecule has 0 spiro atoms. The third kappa shape index (κ3) is 57.2. The van der Waals surface area contributed by atoms with E-state index in [9.17, 15) is 43.2 Å². The second-order valence-electron chi connectivity index (χ2n) is 22.8. The van der Waals surface area contributed by atoms with E-state index in [4.69, 9.17) is 37.0 Å². The molecular formula is C63H122O17P2. The van der Waals surface area contributed by atoms with Gasteiger partial charge in [0.25, 0.3) is 0 Å². The summed E-state index contributed by atoms with van der Waals surface area (Å²) in [5, 5.41) is 10.5. The van der Waals surface area contributed by atoms with Gasteiger partial charge in [-0.2, -0.15) is 0 Å². The maximum absolute atomic E-state index is 13.0. The fourth-order valence-electron chi connectivity index (χ4n) is 9.46. The number of hydrogen-bond acceptors (Lipinski definition) is 15. The van der Waals surface area contributed by atoms with E-state index in [0.29, 0.717) is 25.7 Å². The van der Waals surface area contributed by atoms with Crippen LogP contribution in [0.3, 0.4) is 0 Å². The van der Waals surface area contributed by atoms with Crippen molar-refractivity contribution in [3.8, 4) is 0 Å². The highest BCUT2D eigenvalue weighted by molar-refractivity contribution is 7.47. The van der Waals surface area contributed by atoms with Gasteiger partial charge in [-0.25, -0.2) is 9.13 Å². The van der Waals surface area contributed by atoms with Gasteiger partial charge in [0, 0.05) is 25.7 Å². The van der Waals surface area contributed by atoms with Crippen molar-refractivity contribution >= 4 is 39.5 Å². The van der Waals surface area contributed by atoms with Gasteiger partial charge in [-0.1, -0.05) is 272 Å². The molecule has 0 bridgehead atoms. The van der Waals surface area contributed by atoms with Gasteiger partial charge in [-0.3, -0.25) is 37.3 Å². The molecule has 0 aromatic rings. The third-order valence-electron chi connectivity index (χ3n) is 14.6. The highest BCUT2D eigenvalue weighted by Gasteiger charge is 2.30. The molecule has 2 unspecified atom stereocenters. The molecule has 0 amide bonds. The summed E-state index contributed by atoms with van der Waals surface area (Å²) in [6.07, 6.45) is 43.0. The van der Waals surface area contributed by atoms with Crippen LogP contribution < -0.4 is 0 Å². The first-order valence-corrected chi connectivity index (χ1v) is 36.3. The van der Waals surface area contributed by atoms with Crippen LogP contribution in [0.2, 0.25) is 0 Å². The number of ether oxygens (including phenoxy) is 4. The molecule has 0 saturated heterocycles. The average Bonchev–Trinajstić information content (AvgIpc) is 3.47. The minimum atomic E-state index is -4.94. The number of carbonyl (C=O) groups excluding carboxylic acids is 4. The van der Waals surface area contributed by atoms with Crippen molar-refractivity contribution < 1.29 is 80.2 Å². The topological polar surface area (TPSA) is 237 Å². The number of esters is 4. The summed E-state index contributed by atoms with van der Waals surface area (Å²) in [6.45, 7) is 4.85. The number of aliphatic hydroxyl groups excluding tert-OH is 1. The quantitative estimate of drug-likeness (QED) is 0.0222. The highest BCUT2D eigenvalue weighted by atomic mass is 31.2. The largest absolute Gasteiger partial charge is 0.472 e. The Balaban J connectivity index is 5.21. The first kappa shape index (κ1) is 80.1. The molecule has 0 aromatic heterocycles. The van der Waals surface area contributed by atoms with E-state index in [1.165, 1.54) is 141 Å². The molecular weight excluding hydrogens is 1090 g/mol. The molecule has 0 radical (unpaired) electrons. The summed E-state index contributed by atoms with van der Waals surface area (Å²) < 4.78 is 67.9. The first-order valence-electron chi connectivity index (χ1n) is 33.3. The summed E-state index contributed by atoms with van der Waals surface area (Å²) in [4.78, 5) is 72.0. The van der Waals surface area contributed by atoms with Crippen LogP contribution in [0, 0.1) is 0 Å². The Bertz CT molecular complexity index is 1590. The van der Waals surface area contributed by atoms with E-state index in [-0.39, 0.29) is 25.7 Å². The summed E-state index contributed by atoms with van der Waals surface area (Å²) in [7, 11) is -9.88. The SMILES string of the molecule is CCCCCCCCCCCCCCCC(=O)O[C@H](COC(=O)CCCCCCCCCCCCCC)COP(=O)(O)OC[C@@H](O)COP(=O)(O)OC[C@@H](COC(=O)CCCCCCCCC)OC(=O)CCCCCCCCCCCC. The molecule has 0 aliphatic rings. The second kappa shape index (κ2) is 58.1. The zero-order valence-electron chi connectivity index (χ0n) is 52.5. The third-order valence-corrected chi connectivity index (χ3v) is 16.5. The molecule has 0 saturated carbocycles. The van der Waals surface area contributed by atoms with Crippen molar-refractivity contribution in [3.63, 3.8) is 0 Å². The Hall–Kier alpha value is -1.94. The average molecular weight is 1210 g/mol. The number of phosphoric acid groups is 2. The molecule has 5 atom stereocenters. The maximum atomic E-state index is 13.0. The fourth-order valence-corrected chi connectivity index (χ4v) is 11.0. The molecule has 0 aromatic carbocycles. The van der Waals surface area contributed by atoms with Crippen LogP contribution in [0.4, 0.5) is 0 Å². The van der Waals surface area contributed by atoms with Crippen LogP contribution in [-0.4, -0.2) is 96.7 Å². The number of unbranched alkanes of at least 4 members (excludes halogenated alkanes) is 38. The second-order valence-corrected chi connectivity index (χ2v) is 25.7. The maximum Gasteiger partial charge on any atom is 0.472 e. The van der Waals surface area contributed by atoms with Crippen molar-refractivity contribution in [3.05, 3.63) is 0 Å². The van der Waals surface area contributed by atoms with E-state index in [2.05, 4.69) is 27.7 Å². The lowest BCUT2D eigenvalue weighted by molar-refractivity contribution is -0.161. The zero-order chi connectivity index (χ0) is 60.5. The molecule has 3 N–H and O–H groups in total. The summed E-state index contributed by atoms with van der Waals surface area (Å²) in [6, 6.07) is 0. The summed E-state index contributed by atoms with van der Waals surface area (Å²) in [5.74, 6) is -2.13. The van der Waals surface area contributed by atoms with Gasteiger partial charge in [-0.15, -0.1) is 0 Å². The lowest BCUT2D eigenvalue weighted by Gasteiger charge is -2.21. The smallest absolute Gasteiger partial charge is 0.462 e. The normalized spacial score (nSPS) is 14.2.